The highest BCUT2D eigenvalue weighted by Gasteiger charge is 2.20. The average molecular weight is 803 g/mol. The Morgan fingerprint density at radius 3 is 1.47 bits per heavy atom. The normalized spacial score (nSPS) is 12.2. The molecule has 0 aliphatic heterocycles. The summed E-state index contributed by atoms with van der Waals surface area (Å²) in [6.45, 7) is 0. The van der Waals surface area contributed by atoms with E-state index in [-0.39, 0.29) is 0 Å². The van der Waals surface area contributed by atoms with Crippen LogP contribution < -0.4 is 0 Å². The Bertz CT molecular complexity index is 4160. The second kappa shape index (κ2) is 12.8. The third-order valence-corrected chi connectivity index (χ3v) is 14.5. The fourth-order valence-corrected chi connectivity index (χ4v) is 11.5. The van der Waals surface area contributed by atoms with Gasteiger partial charge in [0.1, 0.15) is 0 Å². The number of aromatic nitrogens is 2. The van der Waals surface area contributed by atoms with Crippen molar-refractivity contribution < 1.29 is 0 Å². The van der Waals surface area contributed by atoms with E-state index in [0.717, 1.165) is 27.9 Å². The Morgan fingerprint density at radius 1 is 0.306 bits per heavy atom. The molecule has 0 aliphatic carbocycles. The van der Waals surface area contributed by atoms with Crippen molar-refractivity contribution >= 4 is 113 Å². The van der Waals surface area contributed by atoms with Gasteiger partial charge in [-0.1, -0.05) is 170 Å². The van der Waals surface area contributed by atoms with Crippen molar-refractivity contribution in [2.45, 2.75) is 0 Å². The van der Waals surface area contributed by atoms with E-state index in [1.54, 1.807) is 0 Å². The van der Waals surface area contributed by atoms with Gasteiger partial charge in [-0.25, -0.2) is 4.98 Å². The van der Waals surface area contributed by atoms with Gasteiger partial charge in [0, 0.05) is 15.5 Å². The highest BCUT2D eigenvalue weighted by Crippen LogP contribution is 2.44. The number of imidazole rings is 1. The lowest BCUT2D eigenvalue weighted by atomic mass is 9.92. The molecule has 3 heterocycles. The summed E-state index contributed by atoms with van der Waals surface area (Å²) in [5.41, 5.74) is 10.3. The lowest BCUT2D eigenvalue weighted by Gasteiger charge is -2.12. The lowest BCUT2D eigenvalue weighted by molar-refractivity contribution is 1.25. The number of rotatable bonds is 3. The van der Waals surface area contributed by atoms with E-state index in [1.165, 1.54) is 107 Å². The molecule has 0 radical (unpaired) electrons. The lowest BCUT2D eigenvalue weighted by Crippen LogP contribution is -1.93. The van der Waals surface area contributed by atoms with Gasteiger partial charge in [-0.05, 0) is 129 Å². The molecule has 3 aromatic heterocycles. The second-order valence-corrected chi connectivity index (χ2v) is 17.7. The number of hydrogen-bond acceptors (Lipinski definition) is 2. The molecule has 14 rings (SSSR count). The molecule has 0 bridgehead atoms. The largest absolute Gasteiger partial charge is 0.291 e. The van der Waals surface area contributed by atoms with Crippen LogP contribution in [0.1, 0.15) is 0 Å². The number of fused-ring (bicyclic) bond motifs is 17. The Labute approximate surface area is 360 Å². The Kier molecular flexibility index (Phi) is 7.02. The van der Waals surface area contributed by atoms with Crippen LogP contribution in [-0.2, 0) is 0 Å². The zero-order valence-electron chi connectivity index (χ0n) is 33.4. The average Bonchev–Trinajstić information content (AvgIpc) is 3.91. The first kappa shape index (κ1) is 33.9. The first-order valence-electron chi connectivity index (χ1n) is 21.3. The summed E-state index contributed by atoms with van der Waals surface area (Å²) in [5, 5.41) is 17.8. The minimum atomic E-state index is 1.01. The van der Waals surface area contributed by atoms with Crippen LogP contribution in [0, 0.1) is 0 Å². The smallest absolute Gasteiger partial charge is 0.156 e. The molecule has 0 N–H and O–H groups in total. The van der Waals surface area contributed by atoms with Crippen molar-refractivity contribution in [3.8, 4) is 33.5 Å². The second-order valence-electron chi connectivity index (χ2n) is 16.7. The maximum Gasteiger partial charge on any atom is 0.156 e. The van der Waals surface area contributed by atoms with Crippen LogP contribution >= 0.6 is 11.3 Å². The molecule has 0 amide bonds. The third-order valence-electron chi connectivity index (χ3n) is 13.3. The van der Waals surface area contributed by atoms with Crippen molar-refractivity contribution in [3.05, 3.63) is 206 Å². The fourth-order valence-electron chi connectivity index (χ4n) is 10.3. The monoisotopic (exact) mass is 802 g/mol. The zero-order valence-corrected chi connectivity index (χ0v) is 34.2. The summed E-state index contributed by atoms with van der Waals surface area (Å²) in [6, 6.07) is 76.2. The number of benzene rings is 11. The van der Waals surface area contributed by atoms with Crippen molar-refractivity contribution in [2.75, 3.05) is 0 Å². The Morgan fingerprint density at radius 2 is 0.806 bits per heavy atom. The maximum atomic E-state index is 5.45. The van der Waals surface area contributed by atoms with Crippen LogP contribution in [-0.4, -0.2) is 9.38 Å². The molecule has 14 aromatic rings. The van der Waals surface area contributed by atoms with Crippen LogP contribution in [0.4, 0.5) is 0 Å². The topological polar surface area (TPSA) is 17.3 Å². The number of hydrogen-bond donors (Lipinski definition) is 0. The Hall–Kier alpha value is -7.85. The minimum Gasteiger partial charge on any atom is -0.291 e. The summed E-state index contributed by atoms with van der Waals surface area (Å²) in [4.78, 5) is 5.45. The number of nitrogens with zero attached hydrogens (tertiary/aromatic N) is 2. The summed E-state index contributed by atoms with van der Waals surface area (Å²) in [5.74, 6) is 0. The van der Waals surface area contributed by atoms with Crippen molar-refractivity contribution in [2.24, 2.45) is 0 Å². The van der Waals surface area contributed by atoms with Gasteiger partial charge in [-0.15, -0.1) is 11.3 Å². The highest BCUT2D eigenvalue weighted by molar-refractivity contribution is 7.27. The van der Waals surface area contributed by atoms with E-state index in [9.17, 15) is 0 Å². The van der Waals surface area contributed by atoms with Crippen LogP contribution in [0.25, 0.3) is 135 Å². The van der Waals surface area contributed by atoms with Gasteiger partial charge >= 0.3 is 0 Å². The predicted octanol–water partition coefficient (Wildman–Crippen LogP) is 16.8. The number of pyridine rings is 1. The molecular weight excluding hydrogens is 769 g/mol. The Balaban J connectivity index is 0.902. The molecule has 0 aliphatic rings. The minimum absolute atomic E-state index is 1.01. The van der Waals surface area contributed by atoms with Crippen LogP contribution in [0.3, 0.4) is 0 Å². The zero-order chi connectivity index (χ0) is 40.5. The van der Waals surface area contributed by atoms with Gasteiger partial charge in [0.25, 0.3) is 0 Å². The molecule has 0 fully saturated rings. The molecule has 0 spiro atoms. The van der Waals surface area contributed by atoms with Crippen molar-refractivity contribution in [3.63, 3.8) is 0 Å². The van der Waals surface area contributed by atoms with Gasteiger partial charge in [-0.3, -0.25) is 4.40 Å². The van der Waals surface area contributed by atoms with E-state index in [1.807, 2.05) is 11.3 Å². The summed E-state index contributed by atoms with van der Waals surface area (Å²) in [6.07, 6.45) is 0. The van der Waals surface area contributed by atoms with E-state index >= 15 is 0 Å². The van der Waals surface area contributed by atoms with Gasteiger partial charge in [0.2, 0.25) is 0 Å². The summed E-state index contributed by atoms with van der Waals surface area (Å²) in [7, 11) is 0. The molecule has 11 aromatic carbocycles. The SMILES string of the molecule is c1ccc2cc3cc4c(cc3cc2c1)nc1c2sc3c5ccccc5ccc3c2cc(-c2ccc(-c3ccc(-c5ccc6c7ccccc7c7ccccc7c6c5)cc3)cc2)n41. The maximum absolute atomic E-state index is 5.45. The van der Waals surface area contributed by atoms with Gasteiger partial charge in [-0.2, -0.15) is 0 Å². The van der Waals surface area contributed by atoms with Crippen LogP contribution in [0.5, 0.6) is 0 Å². The van der Waals surface area contributed by atoms with Crippen molar-refractivity contribution in [1.82, 2.24) is 9.38 Å². The van der Waals surface area contributed by atoms with E-state index in [4.69, 9.17) is 4.98 Å². The van der Waals surface area contributed by atoms with Gasteiger partial charge < -0.3 is 0 Å². The first-order valence-corrected chi connectivity index (χ1v) is 22.1. The molecule has 0 atom stereocenters. The van der Waals surface area contributed by atoms with E-state index < -0.39 is 0 Å². The highest BCUT2D eigenvalue weighted by atomic mass is 32.1. The fraction of sp³-hybridized carbons (Fsp3) is 0. The summed E-state index contributed by atoms with van der Waals surface area (Å²) >= 11 is 1.86. The molecule has 286 valence electrons. The standard InChI is InChI=1S/C59H34N2S/c1-2-11-41-30-44-33-56-54(32-43(44)29-40(41)10-1)60-59-58-53(51-28-25-38-9-3-4-12-45(38)57(51)62-58)34-55(61(56)59)39-23-21-36(22-24-39)35-17-19-37(20-18-35)42-26-27-50-48-15-6-5-13-46(48)47-14-7-8-16-49(47)52(50)31-42/h1-34H. The van der Waals surface area contributed by atoms with E-state index in [2.05, 4.69) is 211 Å². The number of thiophene rings is 1. The molecule has 0 unspecified atom stereocenters. The molecular formula is C59H34N2S. The van der Waals surface area contributed by atoms with Gasteiger partial charge in [0.15, 0.2) is 5.65 Å². The van der Waals surface area contributed by atoms with Crippen LogP contribution in [0.15, 0.2) is 206 Å². The molecule has 3 heteroatoms. The van der Waals surface area contributed by atoms with E-state index in [0.29, 0.717) is 0 Å². The van der Waals surface area contributed by atoms with Crippen molar-refractivity contribution in [1.29, 1.82) is 0 Å². The molecule has 0 saturated heterocycles. The van der Waals surface area contributed by atoms with Crippen LogP contribution in [0.2, 0.25) is 0 Å². The molecule has 62 heavy (non-hydrogen) atoms. The third kappa shape index (κ3) is 4.94. The molecule has 2 nitrogen and oxygen atoms in total. The van der Waals surface area contributed by atoms with Gasteiger partial charge in [0.05, 0.1) is 21.4 Å². The summed E-state index contributed by atoms with van der Waals surface area (Å²) < 4.78 is 4.93. The predicted molar refractivity (Wildman–Crippen MR) is 267 cm³/mol. The first-order chi connectivity index (χ1) is 30.7. The molecule has 0 saturated carbocycles. The quantitative estimate of drug-likeness (QED) is 0.128.